The smallest absolute Gasteiger partial charge is 0.341 e. The van der Waals surface area contributed by atoms with Gasteiger partial charge in [0, 0.05) is 4.88 Å². The fourth-order valence-electron chi connectivity index (χ4n) is 2.35. The summed E-state index contributed by atoms with van der Waals surface area (Å²) in [6.07, 6.45) is 4.90. The lowest BCUT2D eigenvalue weighted by atomic mass is 9.95. The molecule has 0 saturated carbocycles. The number of carbonyl (C=O) groups is 1. The minimum absolute atomic E-state index is 0.0690. The van der Waals surface area contributed by atoms with Crippen molar-refractivity contribution in [2.75, 3.05) is 18.2 Å². The summed E-state index contributed by atoms with van der Waals surface area (Å²) >= 11 is 6.52. The number of thiocarbonyl (C=S) groups is 1. The molecule has 1 aromatic heterocycles. The topological polar surface area (TPSA) is 96.5 Å². The molecule has 3 N–H and O–H groups in total. The molecule has 10 heteroatoms. The number of nitrogens with one attached hydrogen (secondary N) is 3. The van der Waals surface area contributed by atoms with Crippen molar-refractivity contribution in [2.45, 2.75) is 32.6 Å². The van der Waals surface area contributed by atoms with Gasteiger partial charge in [-0.1, -0.05) is 0 Å². The molecule has 0 spiro atoms. The molecule has 7 nitrogen and oxygen atoms in total. The van der Waals surface area contributed by atoms with Gasteiger partial charge in [-0.15, -0.1) is 16.2 Å². The molecule has 0 unspecified atom stereocenters. The zero-order valence-corrected chi connectivity index (χ0v) is 15.3. The fourth-order valence-corrected chi connectivity index (χ4v) is 4.20. The maximum absolute atomic E-state index is 12.3. The van der Waals surface area contributed by atoms with Crippen molar-refractivity contribution in [1.82, 2.24) is 10.3 Å². The van der Waals surface area contributed by atoms with Crippen molar-refractivity contribution < 1.29 is 17.9 Å². The van der Waals surface area contributed by atoms with Crippen LogP contribution in [0.2, 0.25) is 0 Å². The second-order valence-corrected chi connectivity index (χ2v) is 8.35. The standard InChI is InChI=1S/C13H19N3O4S3/c1-3-20-12(17)10-8-6-4-5-7-9(8)22-11(10)14-13(21)15-16-23(2,18)19/h16H,3-7H2,1-2H3,(H2,14,15,21). The molecule has 0 fully saturated rings. The number of hydrazine groups is 1. The van der Waals surface area contributed by atoms with Crippen LogP contribution in [0.25, 0.3) is 0 Å². The number of aryl methyl sites for hydroxylation is 1. The maximum atomic E-state index is 12.3. The van der Waals surface area contributed by atoms with E-state index < -0.39 is 10.0 Å². The van der Waals surface area contributed by atoms with Crippen molar-refractivity contribution in [3.8, 4) is 0 Å². The molecule has 1 aliphatic carbocycles. The third-order valence-electron chi connectivity index (χ3n) is 3.23. The molecule has 0 atom stereocenters. The summed E-state index contributed by atoms with van der Waals surface area (Å²) < 4.78 is 27.3. The first-order chi connectivity index (χ1) is 10.8. The first kappa shape index (κ1) is 18.1. The summed E-state index contributed by atoms with van der Waals surface area (Å²) in [6, 6.07) is 0. The third-order valence-corrected chi connectivity index (χ3v) is 5.11. The van der Waals surface area contributed by atoms with E-state index in [4.69, 9.17) is 17.0 Å². The Kier molecular flexibility index (Phi) is 5.95. The summed E-state index contributed by atoms with van der Waals surface area (Å²) in [5.41, 5.74) is 3.91. The number of rotatable bonds is 5. The third kappa shape index (κ3) is 4.87. The minimum Gasteiger partial charge on any atom is -0.462 e. The second-order valence-electron chi connectivity index (χ2n) is 5.09. The largest absolute Gasteiger partial charge is 0.462 e. The molecular formula is C13H19N3O4S3. The number of sulfonamides is 1. The Balaban J connectivity index is 2.21. The van der Waals surface area contributed by atoms with E-state index in [9.17, 15) is 13.2 Å². The quantitative estimate of drug-likeness (QED) is 0.407. The average Bonchev–Trinajstić information content (AvgIpc) is 2.82. The van der Waals surface area contributed by atoms with Crippen molar-refractivity contribution in [3.63, 3.8) is 0 Å². The number of carbonyl (C=O) groups excluding carboxylic acids is 1. The number of ether oxygens (including phenoxy) is 1. The molecule has 0 aliphatic heterocycles. The first-order valence-electron chi connectivity index (χ1n) is 7.17. The molecular weight excluding hydrogens is 358 g/mol. The van der Waals surface area contributed by atoms with Crippen molar-refractivity contribution in [2.24, 2.45) is 0 Å². The van der Waals surface area contributed by atoms with Crippen molar-refractivity contribution in [3.05, 3.63) is 16.0 Å². The normalized spacial score (nSPS) is 14.0. The van der Waals surface area contributed by atoms with Gasteiger partial charge in [0.15, 0.2) is 5.11 Å². The highest BCUT2D eigenvalue weighted by atomic mass is 32.2. The van der Waals surface area contributed by atoms with E-state index in [0.29, 0.717) is 17.2 Å². The van der Waals surface area contributed by atoms with Crippen LogP contribution in [-0.4, -0.2) is 32.4 Å². The van der Waals surface area contributed by atoms with Crippen LogP contribution in [0.5, 0.6) is 0 Å². The summed E-state index contributed by atoms with van der Waals surface area (Å²) in [5, 5.41) is 3.55. The van der Waals surface area contributed by atoms with Gasteiger partial charge in [0.05, 0.1) is 18.4 Å². The molecule has 1 aliphatic rings. The highest BCUT2D eigenvalue weighted by Gasteiger charge is 2.26. The number of esters is 1. The van der Waals surface area contributed by atoms with E-state index in [1.807, 2.05) is 0 Å². The van der Waals surface area contributed by atoms with E-state index in [0.717, 1.165) is 42.4 Å². The van der Waals surface area contributed by atoms with E-state index >= 15 is 0 Å². The molecule has 0 aromatic carbocycles. The van der Waals surface area contributed by atoms with Crippen LogP contribution in [0.3, 0.4) is 0 Å². The van der Waals surface area contributed by atoms with E-state index in [1.165, 1.54) is 11.3 Å². The van der Waals surface area contributed by atoms with E-state index in [2.05, 4.69) is 15.6 Å². The van der Waals surface area contributed by atoms with Gasteiger partial charge in [0.1, 0.15) is 5.00 Å². The van der Waals surface area contributed by atoms with Gasteiger partial charge < -0.3 is 10.1 Å². The molecule has 0 bridgehead atoms. The molecule has 0 saturated heterocycles. The molecule has 1 heterocycles. The van der Waals surface area contributed by atoms with Crippen molar-refractivity contribution >= 4 is 49.7 Å². The summed E-state index contributed by atoms with van der Waals surface area (Å²) in [4.78, 5) is 15.5. The van der Waals surface area contributed by atoms with Gasteiger partial charge in [-0.3, -0.25) is 5.43 Å². The second kappa shape index (κ2) is 7.56. The van der Waals surface area contributed by atoms with Crippen LogP contribution in [0.1, 0.15) is 40.6 Å². The zero-order chi connectivity index (χ0) is 17.0. The molecule has 23 heavy (non-hydrogen) atoms. The molecule has 128 valence electrons. The Bertz CT molecular complexity index is 712. The maximum Gasteiger partial charge on any atom is 0.341 e. The predicted molar refractivity (Wildman–Crippen MR) is 94.3 cm³/mol. The monoisotopic (exact) mass is 377 g/mol. The minimum atomic E-state index is -3.43. The Hall–Kier alpha value is -1.23. The number of hydrogen-bond donors (Lipinski definition) is 3. The van der Waals surface area contributed by atoms with Gasteiger partial charge >= 0.3 is 5.97 Å². The molecule has 2 rings (SSSR count). The molecule has 1 aromatic rings. The van der Waals surface area contributed by atoms with Crippen LogP contribution in [0.15, 0.2) is 0 Å². The van der Waals surface area contributed by atoms with Crippen molar-refractivity contribution in [1.29, 1.82) is 0 Å². The van der Waals surface area contributed by atoms with Gasteiger partial charge in [0.2, 0.25) is 10.0 Å². The van der Waals surface area contributed by atoms with E-state index in [-0.39, 0.29) is 11.1 Å². The van der Waals surface area contributed by atoms with Gasteiger partial charge in [-0.05, 0) is 50.4 Å². The summed E-state index contributed by atoms with van der Waals surface area (Å²) in [7, 11) is -3.43. The number of hydrogen-bond acceptors (Lipinski definition) is 6. The molecule has 0 radical (unpaired) electrons. The summed E-state index contributed by atoms with van der Waals surface area (Å²) in [6.45, 7) is 2.05. The van der Waals surface area contributed by atoms with Crippen LogP contribution >= 0.6 is 23.6 Å². The number of anilines is 1. The average molecular weight is 378 g/mol. The lowest BCUT2D eigenvalue weighted by molar-refractivity contribution is 0.0526. The van der Waals surface area contributed by atoms with Crippen LogP contribution in [0.4, 0.5) is 5.00 Å². The highest BCUT2D eigenvalue weighted by Crippen LogP contribution is 2.38. The molecule has 0 amide bonds. The van der Waals surface area contributed by atoms with Crippen LogP contribution < -0.4 is 15.6 Å². The first-order valence-corrected chi connectivity index (χ1v) is 10.3. The van der Waals surface area contributed by atoms with Gasteiger partial charge in [-0.25, -0.2) is 13.2 Å². The zero-order valence-electron chi connectivity index (χ0n) is 12.9. The fraction of sp³-hybridized carbons (Fsp3) is 0.538. The predicted octanol–water partition coefficient (Wildman–Crippen LogP) is 1.55. The van der Waals surface area contributed by atoms with Crippen LogP contribution in [-0.2, 0) is 27.6 Å². The SMILES string of the molecule is CCOC(=O)c1c(NC(=S)NNS(C)(=O)=O)sc2c1CCCC2. The summed E-state index contributed by atoms with van der Waals surface area (Å²) in [5.74, 6) is -0.381. The Morgan fingerprint density at radius 2 is 2.04 bits per heavy atom. The lowest BCUT2D eigenvalue weighted by Gasteiger charge is -2.13. The Morgan fingerprint density at radius 1 is 1.35 bits per heavy atom. The lowest BCUT2D eigenvalue weighted by Crippen LogP contribution is -2.43. The number of fused-ring (bicyclic) bond motifs is 1. The van der Waals surface area contributed by atoms with Gasteiger partial charge in [0.25, 0.3) is 0 Å². The van der Waals surface area contributed by atoms with Crippen LogP contribution in [0, 0.1) is 0 Å². The van der Waals surface area contributed by atoms with Gasteiger partial charge in [-0.2, -0.15) is 0 Å². The number of thiophene rings is 1. The Morgan fingerprint density at radius 3 is 2.70 bits per heavy atom. The Labute approximate surface area is 144 Å². The highest BCUT2D eigenvalue weighted by molar-refractivity contribution is 7.88. The van der Waals surface area contributed by atoms with E-state index in [1.54, 1.807) is 6.92 Å².